The summed E-state index contributed by atoms with van der Waals surface area (Å²) in [5, 5.41) is 0. The van der Waals surface area contributed by atoms with Crippen molar-refractivity contribution in [3.8, 4) is 0 Å². The number of ether oxygens (including phenoxy) is 1. The molecule has 0 fully saturated rings. The zero-order valence-corrected chi connectivity index (χ0v) is 8.38. The lowest BCUT2D eigenvalue weighted by atomic mass is 10.0. The minimum atomic E-state index is 0.282. The molecule has 0 aliphatic heterocycles. The molecule has 0 saturated heterocycles. The number of hydrogen-bond acceptors (Lipinski definition) is 2. The van der Waals surface area contributed by atoms with Gasteiger partial charge in [-0.05, 0) is 25.7 Å². The molecule has 0 amide bonds. The highest BCUT2D eigenvalue weighted by Gasteiger charge is 2.11. The van der Waals surface area contributed by atoms with Gasteiger partial charge in [0.25, 0.3) is 0 Å². The van der Waals surface area contributed by atoms with Crippen molar-refractivity contribution in [2.24, 2.45) is 5.92 Å². The minimum Gasteiger partial charge on any atom is -0.378 e. The minimum absolute atomic E-state index is 0.282. The van der Waals surface area contributed by atoms with Gasteiger partial charge in [0.2, 0.25) is 0 Å². The van der Waals surface area contributed by atoms with Gasteiger partial charge in [-0.15, -0.1) is 0 Å². The van der Waals surface area contributed by atoms with E-state index < -0.39 is 0 Å². The highest BCUT2D eigenvalue weighted by atomic mass is 16.5. The van der Waals surface area contributed by atoms with E-state index in [-0.39, 0.29) is 6.10 Å². The average Bonchev–Trinajstić information content (AvgIpc) is 2.10. The summed E-state index contributed by atoms with van der Waals surface area (Å²) in [7, 11) is 0. The Morgan fingerprint density at radius 2 is 2.08 bits per heavy atom. The third-order valence-electron chi connectivity index (χ3n) is 2.13. The van der Waals surface area contributed by atoms with E-state index in [1.807, 2.05) is 0 Å². The molecule has 0 rings (SSSR count). The van der Waals surface area contributed by atoms with Crippen LogP contribution < -0.4 is 0 Å². The molecule has 0 aromatic heterocycles. The Balaban J connectivity index is 3.45. The molecule has 0 heterocycles. The third-order valence-corrected chi connectivity index (χ3v) is 2.13. The van der Waals surface area contributed by atoms with Crippen LogP contribution in [0.1, 0.15) is 40.0 Å². The van der Waals surface area contributed by atoms with Crippen LogP contribution in [-0.2, 0) is 9.53 Å². The molecule has 0 N–H and O–H groups in total. The van der Waals surface area contributed by atoms with E-state index >= 15 is 0 Å². The molecule has 0 aromatic carbocycles. The summed E-state index contributed by atoms with van der Waals surface area (Å²) in [4.78, 5) is 10.1. The van der Waals surface area contributed by atoms with Gasteiger partial charge in [-0.3, -0.25) is 0 Å². The molecule has 2 atom stereocenters. The van der Waals surface area contributed by atoms with Crippen molar-refractivity contribution in [2.45, 2.75) is 46.1 Å². The van der Waals surface area contributed by atoms with Gasteiger partial charge in [0, 0.05) is 13.0 Å². The fourth-order valence-electron chi connectivity index (χ4n) is 1.03. The van der Waals surface area contributed by atoms with Crippen molar-refractivity contribution in [1.82, 2.24) is 0 Å². The van der Waals surface area contributed by atoms with Gasteiger partial charge in [-0.25, -0.2) is 0 Å². The number of carbonyl (C=O) groups is 1. The molecule has 0 aliphatic carbocycles. The number of aldehydes is 1. The first kappa shape index (κ1) is 11.6. The van der Waals surface area contributed by atoms with E-state index in [2.05, 4.69) is 20.8 Å². The van der Waals surface area contributed by atoms with Crippen LogP contribution in [-0.4, -0.2) is 19.0 Å². The van der Waals surface area contributed by atoms with E-state index in [1.165, 1.54) is 0 Å². The Hall–Kier alpha value is -0.370. The lowest BCUT2D eigenvalue weighted by Crippen LogP contribution is -2.18. The van der Waals surface area contributed by atoms with Crippen LogP contribution >= 0.6 is 0 Å². The fourth-order valence-corrected chi connectivity index (χ4v) is 1.03. The number of rotatable bonds is 7. The van der Waals surface area contributed by atoms with E-state index in [0.29, 0.717) is 12.3 Å². The highest BCUT2D eigenvalue weighted by molar-refractivity contribution is 5.49. The maximum absolute atomic E-state index is 10.1. The molecule has 0 bridgehead atoms. The SMILES string of the molecule is CCCOC(C)C(C)CCC=O. The van der Waals surface area contributed by atoms with Crippen molar-refractivity contribution in [3.05, 3.63) is 0 Å². The highest BCUT2D eigenvalue weighted by Crippen LogP contribution is 2.12. The lowest BCUT2D eigenvalue weighted by Gasteiger charge is -2.19. The molecule has 12 heavy (non-hydrogen) atoms. The van der Waals surface area contributed by atoms with Gasteiger partial charge in [-0.2, -0.15) is 0 Å². The van der Waals surface area contributed by atoms with Gasteiger partial charge in [0.05, 0.1) is 6.10 Å². The van der Waals surface area contributed by atoms with Crippen LogP contribution in [0.2, 0.25) is 0 Å². The zero-order valence-electron chi connectivity index (χ0n) is 8.38. The van der Waals surface area contributed by atoms with Gasteiger partial charge in [0.1, 0.15) is 6.29 Å². The van der Waals surface area contributed by atoms with E-state index in [0.717, 1.165) is 25.7 Å². The molecule has 0 spiro atoms. The normalized spacial score (nSPS) is 15.6. The molecule has 0 radical (unpaired) electrons. The van der Waals surface area contributed by atoms with Gasteiger partial charge in [-0.1, -0.05) is 13.8 Å². The molecular weight excluding hydrogens is 152 g/mol. The fraction of sp³-hybridized carbons (Fsp3) is 0.900. The molecule has 2 unspecified atom stereocenters. The van der Waals surface area contributed by atoms with Crippen LogP contribution in [0.25, 0.3) is 0 Å². The van der Waals surface area contributed by atoms with Crippen molar-refractivity contribution >= 4 is 6.29 Å². The molecule has 72 valence electrons. The molecule has 0 aliphatic rings. The Kier molecular flexibility index (Phi) is 7.06. The summed E-state index contributed by atoms with van der Waals surface area (Å²) < 4.78 is 5.53. The second-order valence-electron chi connectivity index (χ2n) is 3.30. The van der Waals surface area contributed by atoms with E-state index in [9.17, 15) is 4.79 Å². The molecule has 0 saturated carbocycles. The third kappa shape index (κ3) is 5.30. The first-order chi connectivity index (χ1) is 5.72. The van der Waals surface area contributed by atoms with Crippen LogP contribution in [0.3, 0.4) is 0 Å². The first-order valence-corrected chi connectivity index (χ1v) is 4.77. The summed E-state index contributed by atoms with van der Waals surface area (Å²) in [6, 6.07) is 0. The second kappa shape index (κ2) is 7.29. The van der Waals surface area contributed by atoms with Crippen LogP contribution in [0, 0.1) is 5.92 Å². The predicted molar refractivity (Wildman–Crippen MR) is 50.2 cm³/mol. The molecular formula is C10H20O2. The summed E-state index contributed by atoms with van der Waals surface area (Å²) in [6.07, 6.45) is 3.91. The van der Waals surface area contributed by atoms with Gasteiger partial charge < -0.3 is 9.53 Å². The van der Waals surface area contributed by atoms with E-state index in [1.54, 1.807) is 0 Å². The predicted octanol–water partition coefficient (Wildman–Crippen LogP) is 2.42. The summed E-state index contributed by atoms with van der Waals surface area (Å²) >= 11 is 0. The van der Waals surface area contributed by atoms with Crippen molar-refractivity contribution < 1.29 is 9.53 Å². The van der Waals surface area contributed by atoms with Crippen molar-refractivity contribution in [1.29, 1.82) is 0 Å². The maximum Gasteiger partial charge on any atom is 0.120 e. The first-order valence-electron chi connectivity index (χ1n) is 4.77. The van der Waals surface area contributed by atoms with E-state index in [4.69, 9.17) is 4.74 Å². The maximum atomic E-state index is 10.1. The van der Waals surface area contributed by atoms with Crippen molar-refractivity contribution in [2.75, 3.05) is 6.61 Å². The Morgan fingerprint density at radius 3 is 2.58 bits per heavy atom. The van der Waals surface area contributed by atoms with Gasteiger partial charge >= 0.3 is 0 Å². The van der Waals surface area contributed by atoms with Crippen LogP contribution in [0.15, 0.2) is 0 Å². The largest absolute Gasteiger partial charge is 0.378 e. The number of hydrogen-bond donors (Lipinski definition) is 0. The monoisotopic (exact) mass is 172 g/mol. The second-order valence-corrected chi connectivity index (χ2v) is 3.30. The zero-order chi connectivity index (χ0) is 9.40. The van der Waals surface area contributed by atoms with Gasteiger partial charge in [0.15, 0.2) is 0 Å². The summed E-state index contributed by atoms with van der Waals surface area (Å²) in [5.41, 5.74) is 0. The quantitative estimate of drug-likeness (QED) is 0.551. The van der Waals surface area contributed by atoms with Crippen LogP contribution in [0.4, 0.5) is 0 Å². The average molecular weight is 172 g/mol. The Labute approximate surface area is 75.3 Å². The topological polar surface area (TPSA) is 26.3 Å². The number of carbonyl (C=O) groups excluding carboxylic acids is 1. The van der Waals surface area contributed by atoms with Crippen LogP contribution in [0.5, 0.6) is 0 Å². The molecule has 2 heteroatoms. The molecule has 0 aromatic rings. The standard InChI is InChI=1S/C10H20O2/c1-4-8-12-10(3)9(2)6-5-7-11/h7,9-10H,4-6,8H2,1-3H3. The summed E-state index contributed by atoms with van der Waals surface area (Å²) in [6.45, 7) is 7.13. The Morgan fingerprint density at radius 1 is 1.42 bits per heavy atom. The smallest absolute Gasteiger partial charge is 0.120 e. The Bertz CT molecular complexity index is 112. The van der Waals surface area contributed by atoms with Crippen molar-refractivity contribution in [3.63, 3.8) is 0 Å². The molecule has 2 nitrogen and oxygen atoms in total. The summed E-state index contributed by atoms with van der Waals surface area (Å²) in [5.74, 6) is 0.488. The lowest BCUT2D eigenvalue weighted by molar-refractivity contribution is -0.108.